The zero-order valence-corrected chi connectivity index (χ0v) is 9.11. The van der Waals surface area contributed by atoms with Crippen LogP contribution in [0.5, 0.6) is 0 Å². The molecule has 0 amide bonds. The second-order valence-electron chi connectivity index (χ2n) is 3.64. The van der Waals surface area contributed by atoms with E-state index in [4.69, 9.17) is 5.73 Å². The molecule has 0 radical (unpaired) electrons. The van der Waals surface area contributed by atoms with E-state index in [1.165, 1.54) is 12.1 Å². The van der Waals surface area contributed by atoms with E-state index in [-0.39, 0.29) is 5.56 Å². The number of anilines is 1. The molecular weight excluding hydrogens is 213 g/mol. The molecule has 3 N–H and O–H groups in total. The Labute approximate surface area is 92.8 Å². The molecule has 5 heteroatoms. The number of ether oxygens (including phenoxy) is 1. The highest BCUT2D eigenvalue weighted by Gasteiger charge is 2.43. The molecule has 1 aromatic rings. The van der Waals surface area contributed by atoms with Crippen LogP contribution in [0.4, 0.5) is 10.1 Å². The number of aliphatic hydroxyl groups is 1. The van der Waals surface area contributed by atoms with Crippen molar-refractivity contribution in [2.75, 3.05) is 12.8 Å². The number of rotatable bonds is 3. The molecule has 0 aliphatic rings. The Kier molecular flexibility index (Phi) is 3.49. The van der Waals surface area contributed by atoms with Gasteiger partial charge in [0.2, 0.25) is 5.67 Å². The maximum atomic E-state index is 13.9. The Morgan fingerprint density at radius 3 is 2.75 bits per heavy atom. The molecule has 0 bridgehead atoms. The molecule has 1 rings (SSSR count). The van der Waals surface area contributed by atoms with Gasteiger partial charge in [-0.15, -0.1) is 0 Å². The number of nitrogens with two attached hydrogens (primary N) is 1. The highest BCUT2D eigenvalue weighted by Crippen LogP contribution is 2.31. The Bertz CT molecular complexity index is 393. The fourth-order valence-electron chi connectivity index (χ4n) is 1.35. The first-order valence-electron chi connectivity index (χ1n) is 4.70. The molecule has 0 saturated heterocycles. The lowest BCUT2D eigenvalue weighted by molar-refractivity contribution is -0.161. The lowest BCUT2D eigenvalue weighted by atomic mass is 9.94. The van der Waals surface area contributed by atoms with Crippen molar-refractivity contribution in [3.63, 3.8) is 0 Å². The first-order valence-corrected chi connectivity index (χ1v) is 4.70. The predicted octanol–water partition coefficient (Wildman–Crippen LogP) is 1.20. The van der Waals surface area contributed by atoms with Crippen LogP contribution in [0, 0.1) is 0 Å². The molecule has 0 saturated carbocycles. The fourth-order valence-corrected chi connectivity index (χ4v) is 1.35. The van der Waals surface area contributed by atoms with Gasteiger partial charge in [-0.1, -0.05) is 12.1 Å². The summed E-state index contributed by atoms with van der Waals surface area (Å²) in [6.45, 7) is 0.965. The summed E-state index contributed by atoms with van der Waals surface area (Å²) in [7, 11) is 1.06. The van der Waals surface area contributed by atoms with E-state index in [1.807, 2.05) is 0 Å². The van der Waals surface area contributed by atoms with Crippen LogP contribution in [0.3, 0.4) is 0 Å². The fraction of sp³-hybridized carbons (Fsp3) is 0.364. The smallest absolute Gasteiger partial charge is 0.346 e. The van der Waals surface area contributed by atoms with Gasteiger partial charge in [-0.05, 0) is 24.6 Å². The zero-order chi connectivity index (χ0) is 12.3. The molecule has 0 aromatic heterocycles. The molecule has 0 aliphatic heterocycles. The van der Waals surface area contributed by atoms with Gasteiger partial charge in [-0.2, -0.15) is 0 Å². The van der Waals surface area contributed by atoms with E-state index >= 15 is 0 Å². The van der Waals surface area contributed by atoms with Crippen molar-refractivity contribution in [1.82, 2.24) is 0 Å². The number of hydrogen-bond acceptors (Lipinski definition) is 4. The van der Waals surface area contributed by atoms with Crippen LogP contribution in [-0.2, 0) is 9.53 Å². The topological polar surface area (TPSA) is 72.5 Å². The summed E-state index contributed by atoms with van der Waals surface area (Å²) in [5, 5.41) is 9.74. The van der Waals surface area contributed by atoms with Gasteiger partial charge in [0.25, 0.3) is 0 Å². The maximum absolute atomic E-state index is 13.9. The van der Waals surface area contributed by atoms with Crippen LogP contribution in [0.15, 0.2) is 24.3 Å². The van der Waals surface area contributed by atoms with Gasteiger partial charge in [0.05, 0.1) is 7.11 Å². The first kappa shape index (κ1) is 12.4. The Morgan fingerprint density at radius 1 is 1.62 bits per heavy atom. The molecule has 0 fully saturated rings. The van der Waals surface area contributed by atoms with Crippen LogP contribution in [0.2, 0.25) is 0 Å². The third-order valence-electron chi connectivity index (χ3n) is 2.32. The minimum atomic E-state index is -2.50. The van der Waals surface area contributed by atoms with Gasteiger partial charge < -0.3 is 15.6 Å². The highest BCUT2D eigenvalue weighted by atomic mass is 19.1. The van der Waals surface area contributed by atoms with Crippen LogP contribution in [-0.4, -0.2) is 23.9 Å². The largest absolute Gasteiger partial charge is 0.467 e. The second-order valence-corrected chi connectivity index (χ2v) is 3.64. The number of hydrogen-bond donors (Lipinski definition) is 2. The second kappa shape index (κ2) is 4.49. The lowest BCUT2D eigenvalue weighted by Crippen LogP contribution is -2.38. The van der Waals surface area contributed by atoms with Crippen molar-refractivity contribution in [3.8, 4) is 0 Å². The highest BCUT2D eigenvalue weighted by molar-refractivity contribution is 5.80. The minimum Gasteiger partial charge on any atom is -0.467 e. The van der Waals surface area contributed by atoms with Crippen LogP contribution in [0.1, 0.15) is 18.6 Å². The summed E-state index contributed by atoms with van der Waals surface area (Å²) >= 11 is 0. The minimum absolute atomic E-state index is 0.232. The summed E-state index contributed by atoms with van der Waals surface area (Å²) in [5.41, 5.74) is 3.62. The number of esters is 1. The number of carbonyl (C=O) groups is 1. The molecule has 16 heavy (non-hydrogen) atoms. The van der Waals surface area contributed by atoms with Crippen molar-refractivity contribution in [1.29, 1.82) is 0 Å². The van der Waals surface area contributed by atoms with Gasteiger partial charge in [-0.3, -0.25) is 0 Å². The van der Waals surface area contributed by atoms with Crippen molar-refractivity contribution >= 4 is 11.7 Å². The Balaban J connectivity index is 3.01. The van der Waals surface area contributed by atoms with Gasteiger partial charge in [0.15, 0.2) is 0 Å². The normalized spacial score (nSPS) is 16.2. The number of nitrogen functional groups attached to an aromatic ring is 1. The maximum Gasteiger partial charge on any atom is 0.346 e. The van der Waals surface area contributed by atoms with Crippen molar-refractivity contribution < 1.29 is 19.0 Å². The predicted molar refractivity (Wildman–Crippen MR) is 57.3 cm³/mol. The van der Waals surface area contributed by atoms with Crippen LogP contribution < -0.4 is 5.73 Å². The van der Waals surface area contributed by atoms with E-state index in [9.17, 15) is 14.3 Å². The average Bonchev–Trinajstić information content (AvgIpc) is 2.26. The standard InChI is InChI=1S/C11H14FNO3/c1-11(12,10(15)16-2)9(14)7-4-3-5-8(13)6-7/h3-6,9,14H,13H2,1-2H3/t9-,11?/m0/s1. The summed E-state index contributed by atoms with van der Waals surface area (Å²) < 4.78 is 18.2. The molecule has 1 unspecified atom stereocenters. The number of aliphatic hydroxyl groups excluding tert-OH is 1. The zero-order valence-electron chi connectivity index (χ0n) is 9.11. The van der Waals surface area contributed by atoms with E-state index in [0.717, 1.165) is 14.0 Å². The van der Waals surface area contributed by atoms with Gasteiger partial charge >= 0.3 is 5.97 Å². The van der Waals surface area contributed by atoms with Gasteiger partial charge in [-0.25, -0.2) is 9.18 Å². The first-order chi connectivity index (χ1) is 7.39. The summed E-state index contributed by atoms with van der Waals surface area (Å²) in [6.07, 6.45) is -1.61. The number of benzene rings is 1. The molecule has 0 heterocycles. The molecule has 1 aromatic carbocycles. The molecule has 0 spiro atoms. The number of halogens is 1. The molecule has 2 atom stereocenters. The lowest BCUT2D eigenvalue weighted by Gasteiger charge is -2.24. The molecule has 88 valence electrons. The molecule has 4 nitrogen and oxygen atoms in total. The van der Waals surface area contributed by atoms with Gasteiger partial charge in [0.1, 0.15) is 6.10 Å². The number of methoxy groups -OCH3 is 1. The van der Waals surface area contributed by atoms with Crippen LogP contribution in [0.25, 0.3) is 0 Å². The third kappa shape index (κ3) is 2.30. The summed E-state index contributed by atoms with van der Waals surface area (Å²) in [5.74, 6) is -1.12. The Hall–Kier alpha value is -1.62. The average molecular weight is 227 g/mol. The molecule has 0 aliphatic carbocycles. The summed E-state index contributed by atoms with van der Waals surface area (Å²) in [6, 6.07) is 6.07. The van der Waals surface area contributed by atoms with Crippen LogP contribution >= 0.6 is 0 Å². The third-order valence-corrected chi connectivity index (χ3v) is 2.32. The van der Waals surface area contributed by atoms with Crippen molar-refractivity contribution in [2.24, 2.45) is 0 Å². The monoisotopic (exact) mass is 227 g/mol. The van der Waals surface area contributed by atoms with E-state index in [0.29, 0.717) is 5.69 Å². The summed E-state index contributed by atoms with van der Waals surface area (Å²) in [4.78, 5) is 11.1. The quantitative estimate of drug-likeness (QED) is 0.601. The van der Waals surface area contributed by atoms with E-state index in [1.54, 1.807) is 12.1 Å². The SMILES string of the molecule is COC(=O)C(C)(F)[C@@H](O)c1cccc(N)c1. The van der Waals surface area contributed by atoms with E-state index < -0.39 is 17.7 Å². The van der Waals surface area contributed by atoms with Crippen molar-refractivity contribution in [2.45, 2.75) is 18.7 Å². The van der Waals surface area contributed by atoms with E-state index in [2.05, 4.69) is 4.74 Å². The Morgan fingerprint density at radius 2 is 2.25 bits per heavy atom. The van der Waals surface area contributed by atoms with Crippen molar-refractivity contribution in [3.05, 3.63) is 29.8 Å². The number of carbonyl (C=O) groups excluding carboxylic acids is 1. The molecular formula is C11H14FNO3. The number of alkyl halides is 1. The van der Waals surface area contributed by atoms with Gasteiger partial charge in [0, 0.05) is 5.69 Å².